The molecular weight excluding hydrogens is 456 g/mol. The molecule has 1 aliphatic rings. The van der Waals surface area contributed by atoms with Crippen LogP contribution in [-0.4, -0.2) is 50.7 Å². The van der Waals surface area contributed by atoms with E-state index in [1.165, 1.54) is 51.2 Å². The predicted octanol–water partition coefficient (Wildman–Crippen LogP) is 2.99. The highest BCUT2D eigenvalue weighted by molar-refractivity contribution is 7.89. The number of ketones is 1. The van der Waals surface area contributed by atoms with E-state index >= 15 is 0 Å². The molecule has 1 aromatic carbocycles. The molecule has 3 heterocycles. The molecular formula is C21H20N2O5S3. The maximum absolute atomic E-state index is 12.7. The number of hydrogen-bond donors (Lipinski definition) is 1. The molecule has 162 valence electrons. The molecule has 1 saturated heterocycles. The normalized spacial score (nSPS) is 15.0. The van der Waals surface area contributed by atoms with Crippen molar-refractivity contribution in [2.45, 2.75) is 11.4 Å². The van der Waals surface area contributed by atoms with Gasteiger partial charge in [-0.2, -0.15) is 15.6 Å². The maximum atomic E-state index is 12.7. The largest absolute Gasteiger partial charge is 0.379 e. The van der Waals surface area contributed by atoms with Crippen LogP contribution in [0.2, 0.25) is 0 Å². The van der Waals surface area contributed by atoms with Crippen molar-refractivity contribution in [3.63, 3.8) is 0 Å². The van der Waals surface area contributed by atoms with E-state index in [0.29, 0.717) is 42.3 Å². The van der Waals surface area contributed by atoms with Gasteiger partial charge in [0.2, 0.25) is 15.8 Å². The first kappa shape index (κ1) is 21.8. The van der Waals surface area contributed by atoms with Crippen LogP contribution < -0.4 is 5.32 Å². The minimum absolute atomic E-state index is 0.0270. The summed E-state index contributed by atoms with van der Waals surface area (Å²) in [7, 11) is -3.59. The summed E-state index contributed by atoms with van der Waals surface area (Å²) in [6.07, 6.45) is 0. The van der Waals surface area contributed by atoms with Crippen molar-refractivity contribution < 1.29 is 22.7 Å². The van der Waals surface area contributed by atoms with E-state index in [-0.39, 0.29) is 23.1 Å². The molecule has 4 rings (SSSR count). The highest BCUT2D eigenvalue weighted by Gasteiger charge is 2.26. The van der Waals surface area contributed by atoms with Crippen LogP contribution in [-0.2, 0) is 21.3 Å². The first-order chi connectivity index (χ1) is 14.9. The fourth-order valence-corrected chi connectivity index (χ4v) is 6.07. The Balaban J connectivity index is 1.37. The van der Waals surface area contributed by atoms with Crippen LogP contribution >= 0.6 is 22.7 Å². The predicted molar refractivity (Wildman–Crippen MR) is 119 cm³/mol. The molecule has 2 aromatic heterocycles. The van der Waals surface area contributed by atoms with Crippen molar-refractivity contribution in [3.8, 4) is 0 Å². The Hall–Kier alpha value is -2.37. The Kier molecular flexibility index (Phi) is 6.63. The van der Waals surface area contributed by atoms with Gasteiger partial charge in [-0.05, 0) is 47.8 Å². The molecule has 10 heteroatoms. The van der Waals surface area contributed by atoms with Crippen LogP contribution in [0.1, 0.15) is 30.5 Å². The van der Waals surface area contributed by atoms with E-state index in [1.807, 2.05) is 16.8 Å². The third-order valence-electron chi connectivity index (χ3n) is 4.82. The number of morpholine rings is 1. The summed E-state index contributed by atoms with van der Waals surface area (Å²) in [6, 6.07) is 11.3. The average Bonchev–Trinajstić information content (AvgIpc) is 3.50. The van der Waals surface area contributed by atoms with E-state index in [0.717, 1.165) is 4.88 Å². The number of carbonyl (C=O) groups excluding carboxylic acids is 2. The third-order valence-corrected chi connectivity index (χ3v) is 8.50. The summed E-state index contributed by atoms with van der Waals surface area (Å²) in [5, 5.41) is 6.48. The number of thiophene rings is 2. The number of amides is 1. The summed E-state index contributed by atoms with van der Waals surface area (Å²) >= 11 is 2.82. The van der Waals surface area contributed by atoms with Crippen molar-refractivity contribution in [1.82, 2.24) is 9.62 Å². The van der Waals surface area contributed by atoms with Crippen molar-refractivity contribution in [2.75, 3.05) is 26.3 Å². The van der Waals surface area contributed by atoms with Crippen LogP contribution in [0.3, 0.4) is 0 Å². The van der Waals surface area contributed by atoms with E-state index < -0.39 is 10.0 Å². The zero-order valence-electron chi connectivity index (χ0n) is 16.4. The Morgan fingerprint density at radius 2 is 1.74 bits per heavy atom. The maximum Gasteiger partial charge on any atom is 0.251 e. The Morgan fingerprint density at radius 3 is 2.42 bits per heavy atom. The lowest BCUT2D eigenvalue weighted by molar-refractivity contribution is 0.0730. The number of hydrogen-bond acceptors (Lipinski definition) is 7. The first-order valence-corrected chi connectivity index (χ1v) is 12.8. The van der Waals surface area contributed by atoms with Gasteiger partial charge in [0, 0.05) is 34.5 Å². The molecule has 1 amide bonds. The molecule has 7 nitrogen and oxygen atoms in total. The van der Waals surface area contributed by atoms with Crippen LogP contribution in [0.5, 0.6) is 0 Å². The van der Waals surface area contributed by atoms with Crippen LogP contribution in [0, 0.1) is 0 Å². The molecule has 1 N–H and O–H groups in total. The van der Waals surface area contributed by atoms with Gasteiger partial charge in [0.15, 0.2) is 0 Å². The Bertz CT molecular complexity index is 1160. The number of nitrogens with zero attached hydrogens (tertiary/aromatic N) is 1. The number of benzene rings is 1. The average molecular weight is 477 g/mol. The molecule has 0 radical (unpaired) electrons. The number of ether oxygens (including phenoxy) is 1. The lowest BCUT2D eigenvalue weighted by Gasteiger charge is -2.26. The zero-order chi connectivity index (χ0) is 21.8. The number of nitrogens with one attached hydrogen (secondary N) is 1. The van der Waals surface area contributed by atoms with Crippen molar-refractivity contribution >= 4 is 44.4 Å². The van der Waals surface area contributed by atoms with Crippen LogP contribution in [0.4, 0.5) is 0 Å². The Morgan fingerprint density at radius 1 is 1.00 bits per heavy atom. The van der Waals surface area contributed by atoms with Gasteiger partial charge in [-0.15, -0.1) is 11.3 Å². The molecule has 31 heavy (non-hydrogen) atoms. The second kappa shape index (κ2) is 9.41. The number of carbonyl (C=O) groups is 2. The second-order valence-corrected chi connectivity index (χ2v) is 10.7. The smallest absolute Gasteiger partial charge is 0.251 e. The van der Waals surface area contributed by atoms with Gasteiger partial charge >= 0.3 is 0 Å². The van der Waals surface area contributed by atoms with Crippen molar-refractivity contribution in [2.24, 2.45) is 0 Å². The van der Waals surface area contributed by atoms with Gasteiger partial charge < -0.3 is 10.1 Å². The summed E-state index contributed by atoms with van der Waals surface area (Å²) < 4.78 is 31.9. The summed E-state index contributed by atoms with van der Waals surface area (Å²) in [4.78, 5) is 26.5. The van der Waals surface area contributed by atoms with Gasteiger partial charge in [-0.25, -0.2) is 8.42 Å². The van der Waals surface area contributed by atoms with Crippen LogP contribution in [0.25, 0.3) is 0 Å². The molecule has 0 atom stereocenters. The standard InChI is InChI=1S/C21H20N2O5S3/c24-20(16-7-12-29-14-16)19-6-3-17(30-19)13-22-21(25)15-1-4-18(5-2-15)31(26,27)23-8-10-28-11-9-23/h1-7,12,14H,8-11,13H2,(H,22,25). The lowest BCUT2D eigenvalue weighted by atomic mass is 10.2. The lowest BCUT2D eigenvalue weighted by Crippen LogP contribution is -2.40. The minimum atomic E-state index is -3.59. The minimum Gasteiger partial charge on any atom is -0.379 e. The van der Waals surface area contributed by atoms with Gasteiger partial charge in [0.1, 0.15) is 0 Å². The SMILES string of the molecule is O=C(NCc1ccc(C(=O)c2ccsc2)s1)c1ccc(S(=O)(=O)N2CCOCC2)cc1. The van der Waals surface area contributed by atoms with E-state index in [4.69, 9.17) is 4.74 Å². The summed E-state index contributed by atoms with van der Waals surface area (Å²) in [5.41, 5.74) is 1.03. The molecule has 3 aromatic rings. The first-order valence-electron chi connectivity index (χ1n) is 9.57. The highest BCUT2D eigenvalue weighted by atomic mass is 32.2. The molecule has 0 bridgehead atoms. The number of rotatable bonds is 7. The van der Waals surface area contributed by atoms with Gasteiger partial charge in [0.05, 0.1) is 29.5 Å². The topological polar surface area (TPSA) is 92.8 Å². The molecule has 0 unspecified atom stereocenters. The van der Waals surface area contributed by atoms with Crippen molar-refractivity contribution in [3.05, 3.63) is 74.1 Å². The molecule has 1 aliphatic heterocycles. The van der Waals surface area contributed by atoms with E-state index in [9.17, 15) is 18.0 Å². The summed E-state index contributed by atoms with van der Waals surface area (Å²) in [6.45, 7) is 1.69. The van der Waals surface area contributed by atoms with Gasteiger partial charge in [0.25, 0.3) is 5.91 Å². The van der Waals surface area contributed by atoms with Gasteiger partial charge in [-0.3, -0.25) is 9.59 Å². The van der Waals surface area contributed by atoms with E-state index in [2.05, 4.69) is 5.32 Å². The monoisotopic (exact) mass is 476 g/mol. The van der Waals surface area contributed by atoms with Gasteiger partial charge in [-0.1, -0.05) is 0 Å². The summed E-state index contributed by atoms with van der Waals surface area (Å²) in [5.74, 6) is -0.338. The third kappa shape index (κ3) is 4.94. The molecule has 0 saturated carbocycles. The van der Waals surface area contributed by atoms with Crippen LogP contribution in [0.15, 0.2) is 58.1 Å². The molecule has 1 fully saturated rings. The molecule has 0 aliphatic carbocycles. The fraction of sp³-hybridized carbons (Fsp3) is 0.238. The van der Waals surface area contributed by atoms with Crippen molar-refractivity contribution in [1.29, 1.82) is 0 Å². The fourth-order valence-electron chi connectivity index (χ4n) is 3.11. The quantitative estimate of drug-likeness (QED) is 0.529. The van der Waals surface area contributed by atoms with E-state index in [1.54, 1.807) is 12.1 Å². The molecule has 0 spiro atoms. The zero-order valence-corrected chi connectivity index (χ0v) is 18.9. The number of sulfonamides is 1. The second-order valence-electron chi connectivity index (χ2n) is 6.83. The highest BCUT2D eigenvalue weighted by Crippen LogP contribution is 2.22. The Labute approximate surface area is 188 Å².